The maximum absolute atomic E-state index is 10.3. The molecular weight excluding hydrogens is 537 g/mol. The van der Waals surface area contributed by atoms with E-state index < -0.39 is 29.4 Å². The minimum absolute atomic E-state index is 0.243. The van der Waals surface area contributed by atoms with E-state index in [1.807, 2.05) is 48.5 Å². The van der Waals surface area contributed by atoms with Gasteiger partial charge >= 0.3 is 0 Å². The van der Waals surface area contributed by atoms with Gasteiger partial charge in [-0.25, -0.2) is 0 Å². The van der Waals surface area contributed by atoms with Gasteiger partial charge in [0, 0.05) is 15.2 Å². The Balaban J connectivity index is 2.36. The molecule has 0 fully saturated rings. The van der Waals surface area contributed by atoms with Gasteiger partial charge in [0.15, 0.2) is 0 Å². The highest BCUT2D eigenvalue weighted by atomic mass is 29.8. The molecule has 198 valence electrons. The number of rotatable bonds is 7. The summed E-state index contributed by atoms with van der Waals surface area (Å²) in [6.07, 6.45) is 0. The molecule has 8 heteroatoms. The Labute approximate surface area is 229 Å². The zero-order valence-electron chi connectivity index (χ0n) is 23.0. The third kappa shape index (κ3) is 4.35. The Morgan fingerprint density at radius 2 is 0.474 bits per heavy atom. The van der Waals surface area contributed by atoms with Crippen LogP contribution < -0.4 is 20.7 Å². The second-order valence-corrected chi connectivity index (χ2v) is 47.5. The molecule has 0 atom stereocenters. The van der Waals surface area contributed by atoms with Crippen LogP contribution in [-0.4, -0.2) is 49.8 Å². The number of phenols is 4. The Hall–Kier alpha value is -3.05. The lowest BCUT2D eigenvalue weighted by Crippen LogP contribution is -2.99. The van der Waals surface area contributed by atoms with Crippen molar-refractivity contribution >= 4 is 50.1 Å². The van der Waals surface area contributed by atoms with E-state index in [4.69, 9.17) is 0 Å². The van der Waals surface area contributed by atoms with Crippen LogP contribution in [0.25, 0.3) is 0 Å². The minimum atomic E-state index is -2.77. The van der Waals surface area contributed by atoms with Crippen LogP contribution >= 0.6 is 0 Å². The topological polar surface area (TPSA) is 80.9 Å². The van der Waals surface area contributed by atoms with Crippen molar-refractivity contribution in [1.82, 2.24) is 0 Å². The molecule has 0 spiro atoms. The maximum atomic E-state index is 10.3. The van der Waals surface area contributed by atoms with Crippen LogP contribution in [0.1, 0.15) is 0 Å². The second-order valence-electron chi connectivity index (χ2n) is 12.2. The summed E-state index contributed by atoms with van der Waals surface area (Å²) in [4.78, 5) is 0. The fourth-order valence-corrected chi connectivity index (χ4v) is 89.7. The Morgan fingerprint density at radius 3 is 0.605 bits per heavy atom. The SMILES string of the molecule is C[Si](C)(C)[Si](c1ccc(O)cc1)(c1ccc(O)cc1)[Si](c1ccc(O)cc1)(c1ccc(O)cc1)[Si](C)(C)C. The van der Waals surface area contributed by atoms with Gasteiger partial charge < -0.3 is 20.4 Å². The van der Waals surface area contributed by atoms with E-state index in [1.165, 1.54) is 20.7 Å². The summed E-state index contributed by atoms with van der Waals surface area (Å²) in [5.41, 5.74) is 0. The van der Waals surface area contributed by atoms with Crippen molar-refractivity contribution in [2.45, 2.75) is 39.3 Å². The lowest BCUT2D eigenvalue weighted by Gasteiger charge is -2.60. The highest BCUT2D eigenvalue weighted by molar-refractivity contribution is 7.94. The molecule has 4 rings (SSSR count). The monoisotopic (exact) mass is 574 g/mol. The van der Waals surface area contributed by atoms with Crippen molar-refractivity contribution in [3.8, 4) is 23.0 Å². The quantitative estimate of drug-likeness (QED) is 0.249. The maximum Gasteiger partial charge on any atom is 0.115 e. The van der Waals surface area contributed by atoms with Crippen LogP contribution in [0.3, 0.4) is 0 Å². The molecule has 4 nitrogen and oxygen atoms in total. The van der Waals surface area contributed by atoms with Gasteiger partial charge in [-0.05, 0) is 48.5 Å². The van der Waals surface area contributed by atoms with Gasteiger partial charge in [-0.2, -0.15) is 0 Å². The molecule has 0 aliphatic carbocycles. The normalized spacial score (nSPS) is 12.9. The predicted octanol–water partition coefficient (Wildman–Crippen LogP) is 4.25. The fourth-order valence-electron chi connectivity index (χ4n) is 6.90. The molecule has 0 aliphatic heterocycles. The number of aromatic hydroxyl groups is 4. The summed E-state index contributed by atoms with van der Waals surface area (Å²) in [7, 11) is -9.83. The summed E-state index contributed by atoms with van der Waals surface area (Å²) in [5, 5.41) is 46.5. The first-order valence-corrected chi connectivity index (χ1v) is 26.9. The first-order chi connectivity index (χ1) is 17.7. The molecule has 0 radical (unpaired) electrons. The average Bonchev–Trinajstić information content (AvgIpc) is 2.84. The van der Waals surface area contributed by atoms with Crippen LogP contribution in [0.2, 0.25) is 39.3 Å². The first kappa shape index (κ1) is 28.0. The van der Waals surface area contributed by atoms with Crippen molar-refractivity contribution in [2.24, 2.45) is 0 Å². The molecule has 0 heterocycles. The summed E-state index contributed by atoms with van der Waals surface area (Å²) >= 11 is 0. The molecule has 4 N–H and O–H groups in total. The molecule has 0 bridgehead atoms. The summed E-state index contributed by atoms with van der Waals surface area (Å²) in [6, 6.07) is 31.6. The third-order valence-electron chi connectivity index (χ3n) is 8.01. The average molecular weight is 575 g/mol. The molecule has 0 saturated heterocycles. The van der Waals surface area contributed by atoms with E-state index in [-0.39, 0.29) is 23.0 Å². The van der Waals surface area contributed by atoms with E-state index in [1.54, 1.807) is 0 Å². The molecule has 38 heavy (non-hydrogen) atoms. The van der Waals surface area contributed by atoms with Crippen molar-refractivity contribution < 1.29 is 20.4 Å². The van der Waals surface area contributed by atoms with Gasteiger partial charge in [0.2, 0.25) is 0 Å². The molecule has 4 aromatic carbocycles. The van der Waals surface area contributed by atoms with Gasteiger partial charge in [0.05, 0.1) is 0 Å². The second kappa shape index (κ2) is 9.92. The highest BCUT2D eigenvalue weighted by Crippen LogP contribution is 2.36. The van der Waals surface area contributed by atoms with Crippen LogP contribution in [0.15, 0.2) is 97.1 Å². The number of hydrogen-bond acceptors (Lipinski definition) is 4. The number of hydrogen-bond donors (Lipinski definition) is 4. The molecule has 0 amide bonds. The largest absolute Gasteiger partial charge is 0.508 e. The van der Waals surface area contributed by atoms with Crippen LogP contribution in [0.4, 0.5) is 0 Å². The molecule has 0 saturated carbocycles. The van der Waals surface area contributed by atoms with Gasteiger partial charge in [-0.15, -0.1) is 0 Å². The van der Waals surface area contributed by atoms with Crippen LogP contribution in [0.5, 0.6) is 23.0 Å². The first-order valence-electron chi connectivity index (χ1n) is 12.9. The van der Waals surface area contributed by atoms with Gasteiger partial charge in [0.25, 0.3) is 0 Å². The molecule has 0 aromatic heterocycles. The van der Waals surface area contributed by atoms with Gasteiger partial charge in [0.1, 0.15) is 37.2 Å². The Kier molecular flexibility index (Phi) is 7.30. The molecule has 0 aliphatic rings. The van der Waals surface area contributed by atoms with E-state index in [0.717, 1.165) is 0 Å². The van der Waals surface area contributed by atoms with Crippen LogP contribution in [-0.2, 0) is 0 Å². The molecular formula is C30H38O4Si4. The Morgan fingerprint density at radius 1 is 0.316 bits per heavy atom. The zero-order chi connectivity index (χ0) is 27.9. The summed E-state index contributed by atoms with van der Waals surface area (Å²) in [5.74, 6) is 0.972. The molecule has 4 aromatic rings. The smallest absolute Gasteiger partial charge is 0.115 e. The van der Waals surface area contributed by atoms with E-state index >= 15 is 0 Å². The van der Waals surface area contributed by atoms with Crippen molar-refractivity contribution in [2.75, 3.05) is 0 Å². The fraction of sp³-hybridized carbons (Fsp3) is 0.200. The summed E-state index contributed by atoms with van der Waals surface area (Å²) < 4.78 is 0. The van der Waals surface area contributed by atoms with E-state index in [2.05, 4.69) is 87.8 Å². The minimum Gasteiger partial charge on any atom is -0.508 e. The van der Waals surface area contributed by atoms with Crippen molar-refractivity contribution in [3.63, 3.8) is 0 Å². The van der Waals surface area contributed by atoms with Gasteiger partial charge in [-0.3, -0.25) is 0 Å². The zero-order valence-corrected chi connectivity index (χ0v) is 27.0. The lowest BCUT2D eigenvalue weighted by molar-refractivity contribution is 0.475. The number of benzene rings is 4. The Bertz CT molecular complexity index is 1190. The molecule has 0 unspecified atom stereocenters. The van der Waals surface area contributed by atoms with Crippen molar-refractivity contribution in [3.05, 3.63) is 97.1 Å². The van der Waals surface area contributed by atoms with Crippen molar-refractivity contribution in [1.29, 1.82) is 0 Å². The summed E-state index contributed by atoms with van der Waals surface area (Å²) in [6.45, 7) is 14.8. The highest BCUT2D eigenvalue weighted by Gasteiger charge is 2.69. The number of phenolic OH excluding ortho intramolecular Hbond substituents is 4. The van der Waals surface area contributed by atoms with Crippen LogP contribution in [0, 0.1) is 0 Å². The van der Waals surface area contributed by atoms with Gasteiger partial charge in [-0.1, -0.05) is 109 Å². The standard InChI is InChI=1S/C30H38O4Si4/c1-35(2,3)37(27-15-7-23(31)8-16-27,28-17-9-24(32)10-18-28)38(36(4,5)6,29-19-11-25(33)12-20-29)30-21-13-26(34)14-22-30/h7-22,31-34H,1-6H3. The van der Waals surface area contributed by atoms with E-state index in [9.17, 15) is 20.4 Å². The third-order valence-corrected chi connectivity index (χ3v) is 64.7. The predicted molar refractivity (Wildman–Crippen MR) is 169 cm³/mol. The van der Waals surface area contributed by atoms with E-state index in [0.29, 0.717) is 0 Å². The lowest BCUT2D eigenvalue weighted by atomic mass is 10.3.